The number of pyridine rings is 1. The van der Waals surface area contributed by atoms with Crippen molar-refractivity contribution in [3.8, 4) is 0 Å². The van der Waals surface area contributed by atoms with Gasteiger partial charge in [-0.2, -0.15) is 0 Å². The largest absolute Gasteiger partial charge is 0.480 e. The molecule has 1 unspecified atom stereocenters. The first kappa shape index (κ1) is 13.0. The fourth-order valence-corrected chi connectivity index (χ4v) is 2.33. The van der Waals surface area contributed by atoms with Crippen LogP contribution in [0.3, 0.4) is 0 Å². The third-order valence-electron chi connectivity index (χ3n) is 3.02. The van der Waals surface area contributed by atoms with Gasteiger partial charge >= 0.3 is 5.97 Å². The van der Waals surface area contributed by atoms with Crippen LogP contribution in [-0.2, 0) is 4.79 Å². The second kappa shape index (κ2) is 5.48. The van der Waals surface area contributed by atoms with Crippen molar-refractivity contribution in [3.05, 3.63) is 28.5 Å². The van der Waals surface area contributed by atoms with Gasteiger partial charge in [-0.3, -0.25) is 4.79 Å². The molecular weight excluding hydrogens is 300 g/mol. The minimum atomic E-state index is -0.937. The Balaban J connectivity index is 2.20. The van der Waals surface area contributed by atoms with E-state index in [-0.39, 0.29) is 5.91 Å². The van der Waals surface area contributed by atoms with Crippen LogP contribution in [0.5, 0.6) is 0 Å². The number of nitrogens with zero attached hydrogens (tertiary/aromatic N) is 2. The molecule has 1 aliphatic heterocycles. The molecule has 2 rings (SSSR count). The number of carboxylic acids is 1. The number of rotatable bonds is 2. The van der Waals surface area contributed by atoms with Crippen LogP contribution in [0.15, 0.2) is 22.9 Å². The smallest absolute Gasteiger partial charge is 0.326 e. The first-order valence-electron chi connectivity index (χ1n) is 5.75. The number of carbonyl (C=O) groups excluding carboxylic acids is 1. The van der Waals surface area contributed by atoms with Gasteiger partial charge in [-0.15, -0.1) is 0 Å². The summed E-state index contributed by atoms with van der Waals surface area (Å²) in [5.41, 5.74) is 0.423. The molecule has 1 aromatic heterocycles. The fraction of sp³-hybridized carbons (Fsp3) is 0.417. The number of hydrogen-bond acceptors (Lipinski definition) is 3. The Morgan fingerprint density at radius 3 is 2.78 bits per heavy atom. The molecule has 1 fully saturated rings. The summed E-state index contributed by atoms with van der Waals surface area (Å²) in [7, 11) is 0. The van der Waals surface area contributed by atoms with E-state index in [4.69, 9.17) is 5.11 Å². The highest BCUT2D eigenvalue weighted by molar-refractivity contribution is 9.10. The first-order chi connectivity index (χ1) is 8.59. The molecule has 1 aliphatic rings. The van der Waals surface area contributed by atoms with E-state index >= 15 is 0 Å². The minimum Gasteiger partial charge on any atom is -0.480 e. The zero-order valence-electron chi connectivity index (χ0n) is 9.67. The average molecular weight is 313 g/mol. The van der Waals surface area contributed by atoms with Crippen molar-refractivity contribution in [2.24, 2.45) is 0 Å². The summed E-state index contributed by atoms with van der Waals surface area (Å²) in [5, 5.41) is 9.13. The van der Waals surface area contributed by atoms with E-state index in [1.165, 1.54) is 11.1 Å². The molecule has 96 valence electrons. The zero-order chi connectivity index (χ0) is 13.1. The molecule has 0 bridgehead atoms. The van der Waals surface area contributed by atoms with Crippen molar-refractivity contribution in [2.75, 3.05) is 6.54 Å². The molecule has 0 aromatic carbocycles. The third-order valence-corrected chi connectivity index (χ3v) is 3.49. The second-order valence-electron chi connectivity index (χ2n) is 4.22. The summed E-state index contributed by atoms with van der Waals surface area (Å²) < 4.78 is 0.646. The molecule has 1 atom stereocenters. The van der Waals surface area contributed by atoms with E-state index in [1.807, 2.05) is 0 Å². The van der Waals surface area contributed by atoms with Gasteiger partial charge in [-0.25, -0.2) is 9.78 Å². The molecule has 1 saturated heterocycles. The number of aromatic nitrogens is 1. The highest BCUT2D eigenvalue weighted by Gasteiger charge is 2.32. The average Bonchev–Trinajstić information content (AvgIpc) is 2.39. The summed E-state index contributed by atoms with van der Waals surface area (Å²) >= 11 is 3.20. The fourth-order valence-electron chi connectivity index (χ4n) is 2.10. The summed E-state index contributed by atoms with van der Waals surface area (Å²) in [6.45, 7) is 0.492. The Kier molecular flexibility index (Phi) is 3.96. The topological polar surface area (TPSA) is 70.5 Å². The SMILES string of the molecule is O=C(O)C1CCCCN1C(=O)c1ccc(Br)nc1. The number of amides is 1. The van der Waals surface area contributed by atoms with E-state index in [9.17, 15) is 9.59 Å². The maximum Gasteiger partial charge on any atom is 0.326 e. The lowest BCUT2D eigenvalue weighted by molar-refractivity contribution is -0.143. The van der Waals surface area contributed by atoms with Crippen LogP contribution < -0.4 is 0 Å². The molecule has 18 heavy (non-hydrogen) atoms. The summed E-state index contributed by atoms with van der Waals surface area (Å²) in [6.07, 6.45) is 3.67. The van der Waals surface area contributed by atoms with Crippen LogP contribution in [0.25, 0.3) is 0 Å². The predicted molar refractivity (Wildman–Crippen MR) is 68.2 cm³/mol. The van der Waals surface area contributed by atoms with Gasteiger partial charge in [0.15, 0.2) is 0 Å². The molecule has 1 N–H and O–H groups in total. The normalized spacial score (nSPS) is 19.6. The monoisotopic (exact) mass is 312 g/mol. The molecule has 2 heterocycles. The van der Waals surface area contributed by atoms with E-state index in [0.29, 0.717) is 23.1 Å². The quantitative estimate of drug-likeness (QED) is 0.847. The van der Waals surface area contributed by atoms with Gasteiger partial charge in [0.05, 0.1) is 5.56 Å². The Hall–Kier alpha value is -1.43. The predicted octanol–water partition coefficient (Wildman–Crippen LogP) is 1.92. The van der Waals surface area contributed by atoms with Crippen molar-refractivity contribution in [2.45, 2.75) is 25.3 Å². The molecule has 6 heteroatoms. The van der Waals surface area contributed by atoms with E-state index in [1.54, 1.807) is 12.1 Å². The van der Waals surface area contributed by atoms with E-state index in [0.717, 1.165) is 12.8 Å². The van der Waals surface area contributed by atoms with Crippen molar-refractivity contribution in [3.63, 3.8) is 0 Å². The Bertz CT molecular complexity index is 461. The van der Waals surface area contributed by atoms with Crippen LogP contribution in [0.4, 0.5) is 0 Å². The maximum absolute atomic E-state index is 12.2. The van der Waals surface area contributed by atoms with Gasteiger partial charge in [0, 0.05) is 12.7 Å². The molecule has 1 aromatic rings. The van der Waals surface area contributed by atoms with Gasteiger partial charge in [-0.1, -0.05) is 0 Å². The Morgan fingerprint density at radius 2 is 2.17 bits per heavy atom. The lowest BCUT2D eigenvalue weighted by atomic mass is 10.0. The minimum absolute atomic E-state index is 0.262. The first-order valence-corrected chi connectivity index (χ1v) is 6.54. The molecule has 0 aliphatic carbocycles. The van der Waals surface area contributed by atoms with Gasteiger partial charge in [0.2, 0.25) is 0 Å². The number of carbonyl (C=O) groups is 2. The van der Waals surface area contributed by atoms with Crippen molar-refractivity contribution >= 4 is 27.8 Å². The standard InChI is InChI=1S/C12H13BrN2O3/c13-10-5-4-8(7-14-10)11(16)15-6-2-1-3-9(15)12(17)18/h4-5,7,9H,1-3,6H2,(H,17,18). The summed E-state index contributed by atoms with van der Waals surface area (Å²) in [4.78, 5) is 28.8. The third kappa shape index (κ3) is 2.69. The van der Waals surface area contributed by atoms with Crippen LogP contribution in [0.1, 0.15) is 29.6 Å². The second-order valence-corrected chi connectivity index (χ2v) is 5.03. The van der Waals surface area contributed by atoms with Crippen molar-refractivity contribution < 1.29 is 14.7 Å². The van der Waals surface area contributed by atoms with Gasteiger partial charge in [0.1, 0.15) is 10.6 Å². The molecule has 0 spiro atoms. The van der Waals surface area contributed by atoms with Crippen LogP contribution in [-0.4, -0.2) is 39.5 Å². The summed E-state index contributed by atoms with van der Waals surface area (Å²) in [5.74, 6) is -1.20. The number of piperidine rings is 1. The molecule has 0 saturated carbocycles. The van der Waals surface area contributed by atoms with Crippen LogP contribution in [0.2, 0.25) is 0 Å². The van der Waals surface area contributed by atoms with E-state index in [2.05, 4.69) is 20.9 Å². The number of aliphatic carboxylic acids is 1. The van der Waals surface area contributed by atoms with Gasteiger partial charge < -0.3 is 10.0 Å². The van der Waals surface area contributed by atoms with Crippen LogP contribution >= 0.6 is 15.9 Å². The van der Waals surface area contributed by atoms with E-state index < -0.39 is 12.0 Å². The van der Waals surface area contributed by atoms with Gasteiger partial charge in [0.25, 0.3) is 5.91 Å². The number of halogens is 1. The molecule has 0 radical (unpaired) electrons. The Morgan fingerprint density at radius 1 is 1.39 bits per heavy atom. The highest BCUT2D eigenvalue weighted by atomic mass is 79.9. The van der Waals surface area contributed by atoms with Crippen molar-refractivity contribution in [1.29, 1.82) is 0 Å². The lowest BCUT2D eigenvalue weighted by Crippen LogP contribution is -2.48. The molecule has 5 nitrogen and oxygen atoms in total. The molecular formula is C12H13BrN2O3. The lowest BCUT2D eigenvalue weighted by Gasteiger charge is -2.32. The highest BCUT2D eigenvalue weighted by Crippen LogP contribution is 2.20. The van der Waals surface area contributed by atoms with Crippen molar-refractivity contribution in [1.82, 2.24) is 9.88 Å². The Labute approximate surface area is 113 Å². The van der Waals surface area contributed by atoms with Gasteiger partial charge in [-0.05, 0) is 47.3 Å². The number of likely N-dealkylation sites (tertiary alicyclic amines) is 1. The van der Waals surface area contributed by atoms with Crippen LogP contribution in [0, 0.1) is 0 Å². The summed E-state index contributed by atoms with van der Waals surface area (Å²) in [6, 6.07) is 2.61. The zero-order valence-corrected chi connectivity index (χ0v) is 11.3. The maximum atomic E-state index is 12.2. The molecule has 1 amide bonds. The number of hydrogen-bond donors (Lipinski definition) is 1. The number of carboxylic acid groups (broad SMARTS) is 1.